The zero-order valence-corrected chi connectivity index (χ0v) is 13.3. The van der Waals surface area contributed by atoms with E-state index in [0.717, 1.165) is 12.8 Å². The molecular formula is C18H26O4. The van der Waals surface area contributed by atoms with Crippen LogP contribution in [-0.2, 0) is 19.1 Å². The average molecular weight is 306 g/mol. The number of ether oxygens (including phenoxy) is 2. The van der Waals surface area contributed by atoms with Crippen LogP contribution in [0.25, 0.3) is 0 Å². The van der Waals surface area contributed by atoms with Crippen molar-refractivity contribution in [2.45, 2.75) is 32.6 Å². The molecule has 0 aliphatic carbocycles. The van der Waals surface area contributed by atoms with E-state index in [9.17, 15) is 9.59 Å². The van der Waals surface area contributed by atoms with Crippen molar-refractivity contribution in [2.75, 3.05) is 13.2 Å². The molecule has 4 heteroatoms. The Bertz CT molecular complexity index is 371. The molecule has 0 saturated heterocycles. The minimum atomic E-state index is -0.856. The number of carbonyl (C=O) groups is 2. The van der Waals surface area contributed by atoms with E-state index in [-0.39, 0.29) is 13.2 Å². The van der Waals surface area contributed by atoms with Crippen LogP contribution < -0.4 is 0 Å². The molecule has 0 unspecified atom stereocenters. The fraction of sp³-hybridized carbons (Fsp3) is 0.444. The van der Waals surface area contributed by atoms with Gasteiger partial charge in [0.25, 0.3) is 0 Å². The lowest BCUT2D eigenvalue weighted by Gasteiger charge is -2.13. The summed E-state index contributed by atoms with van der Waals surface area (Å²) in [6, 6.07) is 0. The molecule has 0 saturated carbocycles. The minimum absolute atomic E-state index is 0.152. The Hall–Kier alpha value is -2.10. The fourth-order valence-corrected chi connectivity index (χ4v) is 1.60. The molecule has 0 heterocycles. The molecule has 0 aromatic heterocycles. The van der Waals surface area contributed by atoms with E-state index in [0.29, 0.717) is 12.8 Å². The van der Waals surface area contributed by atoms with Crippen molar-refractivity contribution in [3.05, 3.63) is 49.6 Å². The molecular weight excluding hydrogens is 280 g/mol. The highest BCUT2D eigenvalue weighted by molar-refractivity contribution is 5.94. The maximum atomic E-state index is 11.9. The zero-order valence-electron chi connectivity index (χ0n) is 13.3. The summed E-state index contributed by atoms with van der Waals surface area (Å²) < 4.78 is 10.2. The van der Waals surface area contributed by atoms with E-state index in [1.807, 2.05) is 19.1 Å². The molecule has 0 bridgehead atoms. The smallest absolute Gasteiger partial charge is 0.320 e. The van der Waals surface area contributed by atoms with Crippen molar-refractivity contribution in [2.24, 2.45) is 5.92 Å². The lowest BCUT2D eigenvalue weighted by molar-refractivity contribution is -0.161. The number of carbonyl (C=O) groups excluding carboxylic acids is 2. The number of hydrogen-bond donors (Lipinski definition) is 0. The van der Waals surface area contributed by atoms with Gasteiger partial charge in [0.1, 0.15) is 13.2 Å². The van der Waals surface area contributed by atoms with Gasteiger partial charge >= 0.3 is 11.9 Å². The number of esters is 2. The van der Waals surface area contributed by atoms with Gasteiger partial charge in [-0.15, -0.1) is 13.2 Å². The van der Waals surface area contributed by atoms with E-state index < -0.39 is 17.9 Å². The Labute approximate surface area is 133 Å². The summed E-state index contributed by atoms with van der Waals surface area (Å²) in [5.74, 6) is -1.93. The molecule has 22 heavy (non-hydrogen) atoms. The topological polar surface area (TPSA) is 52.6 Å². The lowest BCUT2D eigenvalue weighted by atomic mass is 10.0. The maximum absolute atomic E-state index is 11.9. The second-order valence-electron chi connectivity index (χ2n) is 4.59. The summed E-state index contributed by atoms with van der Waals surface area (Å²) in [6.45, 7) is 9.38. The third kappa shape index (κ3) is 9.75. The van der Waals surface area contributed by atoms with Gasteiger partial charge in [0.15, 0.2) is 5.92 Å². The van der Waals surface area contributed by atoms with E-state index >= 15 is 0 Å². The van der Waals surface area contributed by atoms with Crippen molar-refractivity contribution in [1.82, 2.24) is 0 Å². The Balaban J connectivity index is 4.30. The third-order valence-corrected chi connectivity index (χ3v) is 2.73. The Morgan fingerprint density at radius 2 is 1.36 bits per heavy atom. The van der Waals surface area contributed by atoms with Gasteiger partial charge in [0, 0.05) is 0 Å². The zero-order chi connectivity index (χ0) is 16.6. The highest BCUT2D eigenvalue weighted by Crippen LogP contribution is 2.11. The molecule has 0 atom stereocenters. The van der Waals surface area contributed by atoms with Crippen LogP contribution in [0.4, 0.5) is 0 Å². The molecule has 4 nitrogen and oxygen atoms in total. The van der Waals surface area contributed by atoms with Crippen LogP contribution in [-0.4, -0.2) is 25.2 Å². The van der Waals surface area contributed by atoms with Gasteiger partial charge in [0.05, 0.1) is 0 Å². The summed E-state index contributed by atoms with van der Waals surface area (Å²) in [5, 5.41) is 0. The van der Waals surface area contributed by atoms with Crippen LogP contribution >= 0.6 is 0 Å². The summed E-state index contributed by atoms with van der Waals surface area (Å²) in [5.41, 5.74) is 0. The summed E-state index contributed by atoms with van der Waals surface area (Å²) in [7, 11) is 0. The van der Waals surface area contributed by atoms with Crippen molar-refractivity contribution in [3.8, 4) is 0 Å². The maximum Gasteiger partial charge on any atom is 0.320 e. The fourth-order valence-electron chi connectivity index (χ4n) is 1.60. The lowest BCUT2D eigenvalue weighted by Crippen LogP contribution is -2.28. The molecule has 0 fully saturated rings. The normalized spacial score (nSPS) is 11.0. The van der Waals surface area contributed by atoms with Crippen molar-refractivity contribution in [3.63, 3.8) is 0 Å². The van der Waals surface area contributed by atoms with Crippen LogP contribution in [0.15, 0.2) is 49.6 Å². The largest absolute Gasteiger partial charge is 0.461 e. The van der Waals surface area contributed by atoms with Crippen LogP contribution in [0, 0.1) is 5.92 Å². The summed E-state index contributed by atoms with van der Waals surface area (Å²) in [4.78, 5) is 23.9. The van der Waals surface area contributed by atoms with Crippen molar-refractivity contribution >= 4 is 11.9 Å². The highest BCUT2D eigenvalue weighted by atomic mass is 16.6. The van der Waals surface area contributed by atoms with Gasteiger partial charge in [0.2, 0.25) is 0 Å². The molecule has 0 radical (unpaired) electrons. The predicted molar refractivity (Wildman–Crippen MR) is 88.2 cm³/mol. The van der Waals surface area contributed by atoms with E-state index in [1.165, 1.54) is 0 Å². The van der Waals surface area contributed by atoms with E-state index in [1.54, 1.807) is 24.3 Å². The molecule has 0 aliphatic rings. The molecule has 0 aliphatic heterocycles. The Morgan fingerprint density at radius 3 is 1.73 bits per heavy atom. The molecule has 0 spiro atoms. The standard InChI is InChI=1S/C18H26O4/c1-4-7-9-11-14-21-17(19)16(13-6-3)18(20)22-15-12-10-8-5-2/h4-5,9-12,16H,1-2,6-8,13-15H2,3H3/b11-9+,12-10+. The number of rotatable bonds is 12. The molecule has 0 amide bonds. The van der Waals surface area contributed by atoms with Gasteiger partial charge in [-0.2, -0.15) is 0 Å². The predicted octanol–water partition coefficient (Wildman–Crippen LogP) is 3.75. The van der Waals surface area contributed by atoms with Gasteiger partial charge in [-0.3, -0.25) is 9.59 Å². The number of hydrogen-bond acceptors (Lipinski definition) is 4. The molecule has 0 N–H and O–H groups in total. The van der Waals surface area contributed by atoms with E-state index in [4.69, 9.17) is 9.47 Å². The van der Waals surface area contributed by atoms with Crippen LogP contribution in [0.3, 0.4) is 0 Å². The first-order chi connectivity index (χ1) is 10.7. The second kappa shape index (κ2) is 13.9. The quantitative estimate of drug-likeness (QED) is 0.313. The molecule has 0 aromatic rings. The Kier molecular flexibility index (Phi) is 12.5. The molecule has 0 rings (SSSR count). The summed E-state index contributed by atoms with van der Waals surface area (Å²) in [6.07, 6.45) is 13.2. The first-order valence-electron chi connectivity index (χ1n) is 7.52. The van der Waals surface area contributed by atoms with Gasteiger partial charge < -0.3 is 9.47 Å². The van der Waals surface area contributed by atoms with Crippen molar-refractivity contribution in [1.29, 1.82) is 0 Å². The Morgan fingerprint density at radius 1 is 0.909 bits per heavy atom. The van der Waals surface area contributed by atoms with Gasteiger partial charge in [-0.1, -0.05) is 49.8 Å². The van der Waals surface area contributed by atoms with Crippen LogP contribution in [0.2, 0.25) is 0 Å². The third-order valence-electron chi connectivity index (χ3n) is 2.73. The van der Waals surface area contributed by atoms with Crippen molar-refractivity contribution < 1.29 is 19.1 Å². The summed E-state index contributed by atoms with van der Waals surface area (Å²) >= 11 is 0. The molecule has 0 aromatic carbocycles. The van der Waals surface area contributed by atoms with Crippen LogP contribution in [0.5, 0.6) is 0 Å². The first-order valence-corrected chi connectivity index (χ1v) is 7.52. The highest BCUT2D eigenvalue weighted by Gasteiger charge is 2.28. The average Bonchev–Trinajstić information content (AvgIpc) is 2.51. The minimum Gasteiger partial charge on any atom is -0.461 e. The van der Waals surface area contributed by atoms with Gasteiger partial charge in [-0.05, 0) is 19.3 Å². The first kappa shape index (κ1) is 19.9. The number of allylic oxidation sites excluding steroid dienone is 4. The SMILES string of the molecule is C=CC/C=C/COC(=O)C(CCC)C(=O)OC/C=C/CC=C. The second-order valence-corrected chi connectivity index (χ2v) is 4.59. The monoisotopic (exact) mass is 306 g/mol. The van der Waals surface area contributed by atoms with Crippen LogP contribution in [0.1, 0.15) is 32.6 Å². The molecule has 122 valence electrons. The van der Waals surface area contributed by atoms with E-state index in [2.05, 4.69) is 13.2 Å². The van der Waals surface area contributed by atoms with Gasteiger partial charge in [-0.25, -0.2) is 0 Å².